The second-order valence-electron chi connectivity index (χ2n) is 6.93. The topological polar surface area (TPSA) is 45.6 Å². The van der Waals surface area contributed by atoms with Crippen molar-refractivity contribution in [1.82, 2.24) is 14.4 Å². The molecule has 0 atom stereocenters. The van der Waals surface area contributed by atoms with Gasteiger partial charge in [0.1, 0.15) is 0 Å². The van der Waals surface area contributed by atoms with Gasteiger partial charge in [-0.1, -0.05) is 26.0 Å². The van der Waals surface area contributed by atoms with Crippen LogP contribution in [0.2, 0.25) is 0 Å². The molecular formula is C20H25N3O2. The van der Waals surface area contributed by atoms with E-state index in [4.69, 9.17) is 0 Å². The number of amides is 2. The Kier molecular flexibility index (Phi) is 4.93. The molecule has 25 heavy (non-hydrogen) atoms. The third-order valence-corrected chi connectivity index (χ3v) is 4.76. The van der Waals surface area contributed by atoms with Gasteiger partial charge >= 0.3 is 0 Å². The molecule has 3 rings (SSSR count). The fourth-order valence-corrected chi connectivity index (χ4v) is 3.12. The third kappa shape index (κ3) is 3.76. The smallest absolute Gasteiger partial charge is 0.255 e. The molecule has 1 aromatic carbocycles. The van der Waals surface area contributed by atoms with E-state index < -0.39 is 0 Å². The minimum atomic E-state index is 0.0361. The molecule has 1 aromatic heterocycles. The lowest BCUT2D eigenvalue weighted by atomic mass is 10.0. The Balaban J connectivity index is 1.59. The van der Waals surface area contributed by atoms with Crippen LogP contribution in [0.15, 0.2) is 42.7 Å². The largest absolute Gasteiger partial charge is 0.356 e. The molecule has 0 radical (unpaired) electrons. The van der Waals surface area contributed by atoms with E-state index in [1.807, 2.05) is 64.1 Å². The van der Waals surface area contributed by atoms with Crippen molar-refractivity contribution in [2.45, 2.75) is 19.8 Å². The van der Waals surface area contributed by atoms with Gasteiger partial charge in [0.05, 0.1) is 5.56 Å². The van der Waals surface area contributed by atoms with Crippen LogP contribution >= 0.6 is 0 Å². The van der Waals surface area contributed by atoms with Gasteiger partial charge in [0, 0.05) is 51.2 Å². The Hall–Kier alpha value is -2.56. The predicted octanol–water partition coefficient (Wildman–Crippen LogP) is 2.75. The summed E-state index contributed by atoms with van der Waals surface area (Å²) in [7, 11) is 1.90. The van der Waals surface area contributed by atoms with Gasteiger partial charge in [0.15, 0.2) is 0 Å². The van der Waals surface area contributed by atoms with Gasteiger partial charge in [0.25, 0.3) is 11.8 Å². The van der Waals surface area contributed by atoms with Gasteiger partial charge in [-0.25, -0.2) is 0 Å². The van der Waals surface area contributed by atoms with Crippen LogP contribution in [-0.2, 0) is 7.05 Å². The lowest BCUT2D eigenvalue weighted by molar-refractivity contribution is 0.0535. The van der Waals surface area contributed by atoms with E-state index >= 15 is 0 Å². The molecule has 2 heterocycles. The number of nitrogens with zero attached hydrogens (tertiary/aromatic N) is 3. The minimum absolute atomic E-state index is 0.0361. The maximum atomic E-state index is 12.6. The zero-order chi connectivity index (χ0) is 18.0. The number of carbonyl (C=O) groups excluding carboxylic acids is 2. The van der Waals surface area contributed by atoms with Gasteiger partial charge in [-0.15, -0.1) is 0 Å². The minimum Gasteiger partial charge on any atom is -0.356 e. The zero-order valence-electron chi connectivity index (χ0n) is 15.1. The van der Waals surface area contributed by atoms with Crippen molar-refractivity contribution in [1.29, 1.82) is 0 Å². The first-order valence-corrected chi connectivity index (χ1v) is 8.76. The van der Waals surface area contributed by atoms with E-state index in [0.717, 1.165) is 0 Å². The quantitative estimate of drug-likeness (QED) is 0.863. The Labute approximate surface area is 148 Å². The van der Waals surface area contributed by atoms with Crippen molar-refractivity contribution in [2.75, 3.05) is 26.2 Å². The van der Waals surface area contributed by atoms with Crippen LogP contribution in [0.5, 0.6) is 0 Å². The van der Waals surface area contributed by atoms with Crippen molar-refractivity contribution in [3.8, 4) is 0 Å². The number of hydrogen-bond acceptors (Lipinski definition) is 2. The first-order chi connectivity index (χ1) is 12.0. The maximum absolute atomic E-state index is 12.6. The highest BCUT2D eigenvalue weighted by molar-refractivity contribution is 5.96. The molecule has 1 aliphatic rings. The molecule has 0 saturated carbocycles. The van der Waals surface area contributed by atoms with E-state index in [1.165, 1.54) is 5.56 Å². The highest BCUT2D eigenvalue weighted by Gasteiger charge is 2.25. The number of carbonyl (C=O) groups is 2. The number of rotatable bonds is 3. The molecule has 0 unspecified atom stereocenters. The fraction of sp³-hybridized carbons (Fsp3) is 0.400. The van der Waals surface area contributed by atoms with E-state index in [9.17, 15) is 9.59 Å². The summed E-state index contributed by atoms with van der Waals surface area (Å²) < 4.78 is 1.87. The normalized spacial score (nSPS) is 14.9. The van der Waals surface area contributed by atoms with Crippen LogP contribution in [0.3, 0.4) is 0 Å². The lowest BCUT2D eigenvalue weighted by Crippen LogP contribution is -2.50. The lowest BCUT2D eigenvalue weighted by Gasteiger charge is -2.34. The summed E-state index contributed by atoms with van der Waals surface area (Å²) in [6.45, 7) is 6.57. The van der Waals surface area contributed by atoms with Crippen molar-refractivity contribution in [3.05, 3.63) is 59.4 Å². The van der Waals surface area contributed by atoms with Crippen molar-refractivity contribution in [2.24, 2.45) is 7.05 Å². The van der Waals surface area contributed by atoms with Crippen molar-refractivity contribution in [3.63, 3.8) is 0 Å². The van der Waals surface area contributed by atoms with E-state index in [2.05, 4.69) is 13.8 Å². The van der Waals surface area contributed by atoms with E-state index in [1.54, 1.807) is 0 Å². The summed E-state index contributed by atoms with van der Waals surface area (Å²) in [6, 6.07) is 9.68. The summed E-state index contributed by atoms with van der Waals surface area (Å²) in [5.74, 6) is 0.535. The van der Waals surface area contributed by atoms with E-state index in [-0.39, 0.29) is 11.8 Å². The number of aryl methyl sites for hydroxylation is 1. The number of aromatic nitrogens is 1. The molecule has 5 heteroatoms. The highest BCUT2D eigenvalue weighted by atomic mass is 16.2. The standard InChI is InChI=1S/C20H25N3O2/c1-15(2)16-4-6-17(7-5-16)19(24)22-10-12-23(13-11-22)20(25)18-8-9-21(3)14-18/h4-9,14-15H,10-13H2,1-3H3. The molecule has 132 valence electrons. The van der Waals surface area contributed by atoms with Crippen LogP contribution in [0, 0.1) is 0 Å². The number of benzene rings is 1. The maximum Gasteiger partial charge on any atom is 0.255 e. The number of piperazine rings is 1. The summed E-state index contributed by atoms with van der Waals surface area (Å²) in [5, 5.41) is 0. The average molecular weight is 339 g/mol. The third-order valence-electron chi connectivity index (χ3n) is 4.76. The number of hydrogen-bond donors (Lipinski definition) is 0. The zero-order valence-corrected chi connectivity index (χ0v) is 15.1. The molecule has 0 bridgehead atoms. The Morgan fingerprint density at radius 1 is 0.840 bits per heavy atom. The molecule has 2 amide bonds. The van der Waals surface area contributed by atoms with Crippen LogP contribution in [-0.4, -0.2) is 52.4 Å². The molecule has 2 aromatic rings. The van der Waals surface area contributed by atoms with Crippen LogP contribution < -0.4 is 0 Å². The molecule has 1 aliphatic heterocycles. The Morgan fingerprint density at radius 3 is 1.80 bits per heavy atom. The summed E-state index contributed by atoms with van der Waals surface area (Å²) in [5.41, 5.74) is 2.65. The molecule has 1 saturated heterocycles. The predicted molar refractivity (Wildman–Crippen MR) is 97.8 cm³/mol. The SMILES string of the molecule is CC(C)c1ccc(C(=O)N2CCN(C(=O)c3ccn(C)c3)CC2)cc1. The summed E-state index contributed by atoms with van der Waals surface area (Å²) >= 11 is 0. The molecule has 0 N–H and O–H groups in total. The molecule has 0 spiro atoms. The Bertz CT molecular complexity index is 754. The second-order valence-corrected chi connectivity index (χ2v) is 6.93. The second kappa shape index (κ2) is 7.13. The van der Waals surface area contributed by atoms with Gasteiger partial charge in [-0.2, -0.15) is 0 Å². The first kappa shape index (κ1) is 17.3. The van der Waals surface area contributed by atoms with Gasteiger partial charge in [-0.05, 0) is 29.7 Å². The molecular weight excluding hydrogens is 314 g/mol. The van der Waals surface area contributed by atoms with E-state index in [0.29, 0.717) is 43.2 Å². The van der Waals surface area contributed by atoms with Gasteiger partial charge in [-0.3, -0.25) is 9.59 Å². The van der Waals surface area contributed by atoms with Gasteiger partial charge < -0.3 is 14.4 Å². The molecule has 1 fully saturated rings. The van der Waals surface area contributed by atoms with Crippen LogP contribution in [0.4, 0.5) is 0 Å². The van der Waals surface area contributed by atoms with Crippen LogP contribution in [0.1, 0.15) is 46.0 Å². The molecule has 0 aliphatic carbocycles. The Morgan fingerprint density at radius 2 is 1.36 bits per heavy atom. The monoisotopic (exact) mass is 339 g/mol. The fourth-order valence-electron chi connectivity index (χ4n) is 3.12. The van der Waals surface area contributed by atoms with Crippen molar-refractivity contribution >= 4 is 11.8 Å². The van der Waals surface area contributed by atoms with Gasteiger partial charge in [0.2, 0.25) is 0 Å². The molecule has 5 nitrogen and oxygen atoms in total. The highest BCUT2D eigenvalue weighted by Crippen LogP contribution is 2.17. The van der Waals surface area contributed by atoms with Crippen LogP contribution in [0.25, 0.3) is 0 Å². The van der Waals surface area contributed by atoms with Crippen molar-refractivity contribution < 1.29 is 9.59 Å². The summed E-state index contributed by atoms with van der Waals surface area (Å²) in [4.78, 5) is 28.8. The summed E-state index contributed by atoms with van der Waals surface area (Å²) in [6.07, 6.45) is 3.70. The average Bonchev–Trinajstić information content (AvgIpc) is 3.07. The first-order valence-electron chi connectivity index (χ1n) is 8.76.